The maximum absolute atomic E-state index is 11.8. The highest BCUT2D eigenvalue weighted by atomic mass is 16.6. The Morgan fingerprint density at radius 3 is 2.52 bits per heavy atom. The lowest BCUT2D eigenvalue weighted by molar-refractivity contribution is -0.125. The Kier molecular flexibility index (Phi) is 8.42. The van der Waals surface area contributed by atoms with Crippen LogP contribution in [0.1, 0.15) is 44.8 Å². The molecule has 0 spiro atoms. The summed E-state index contributed by atoms with van der Waals surface area (Å²) in [5, 5.41) is 2.65. The maximum Gasteiger partial charge on any atom is 0.408 e. The van der Waals surface area contributed by atoms with Gasteiger partial charge in [0.2, 0.25) is 0 Å². The van der Waals surface area contributed by atoms with E-state index in [1.807, 2.05) is 0 Å². The normalized spacial score (nSPS) is 11.4. The number of carbonyl (C=O) groups excluding carboxylic acids is 2. The molecule has 0 saturated heterocycles. The van der Waals surface area contributed by atoms with Crippen LogP contribution in [-0.4, -0.2) is 31.9 Å². The number of aliphatic imine (C=N–C) groups is 1. The van der Waals surface area contributed by atoms with Crippen molar-refractivity contribution in [3.8, 4) is 5.75 Å². The molecule has 6 nitrogen and oxygen atoms in total. The van der Waals surface area contributed by atoms with Gasteiger partial charge in [0, 0.05) is 12.1 Å². The van der Waals surface area contributed by atoms with Crippen LogP contribution in [0.25, 0.3) is 0 Å². The average molecular weight is 320 g/mol. The fraction of sp³-hybridized carbons (Fsp3) is 0.471. The molecule has 1 amide bonds. The van der Waals surface area contributed by atoms with E-state index in [1.165, 1.54) is 6.92 Å². The van der Waals surface area contributed by atoms with Gasteiger partial charge in [-0.3, -0.25) is 9.79 Å². The van der Waals surface area contributed by atoms with Crippen LogP contribution in [0.2, 0.25) is 0 Å². The second-order valence-electron chi connectivity index (χ2n) is 5.10. The number of Topliss-reactive ketones (excluding diaryl/α,β-unsaturated/α-hetero) is 1. The van der Waals surface area contributed by atoms with Crippen molar-refractivity contribution in [3.63, 3.8) is 0 Å². The molecule has 0 saturated carbocycles. The van der Waals surface area contributed by atoms with E-state index in [-0.39, 0.29) is 12.5 Å². The summed E-state index contributed by atoms with van der Waals surface area (Å²) < 4.78 is 10.5. The van der Waals surface area contributed by atoms with Crippen LogP contribution in [0.4, 0.5) is 4.79 Å². The highest BCUT2D eigenvalue weighted by Crippen LogP contribution is 2.22. The van der Waals surface area contributed by atoms with Gasteiger partial charge in [0.15, 0.2) is 18.6 Å². The highest BCUT2D eigenvalue weighted by molar-refractivity contribution is 5.84. The van der Waals surface area contributed by atoms with E-state index >= 15 is 0 Å². The molecule has 0 fully saturated rings. The number of amides is 1. The molecular formula is C17H24N2O4. The van der Waals surface area contributed by atoms with Crippen molar-refractivity contribution >= 4 is 18.6 Å². The van der Waals surface area contributed by atoms with Gasteiger partial charge >= 0.3 is 6.09 Å². The molecule has 126 valence electrons. The largest absolute Gasteiger partial charge is 0.471 e. The number of rotatable bonds is 10. The smallest absolute Gasteiger partial charge is 0.408 e. The third-order valence-electron chi connectivity index (χ3n) is 3.15. The Morgan fingerprint density at radius 1 is 1.26 bits per heavy atom. The Labute approximate surface area is 136 Å². The fourth-order valence-electron chi connectivity index (χ4n) is 1.96. The van der Waals surface area contributed by atoms with Gasteiger partial charge in [-0.1, -0.05) is 31.9 Å². The predicted octanol–water partition coefficient (Wildman–Crippen LogP) is 3.27. The van der Waals surface area contributed by atoms with Gasteiger partial charge < -0.3 is 14.8 Å². The third kappa shape index (κ3) is 6.95. The molecule has 6 heteroatoms. The summed E-state index contributed by atoms with van der Waals surface area (Å²) >= 11 is 0. The number of nitrogens with zero attached hydrogens (tertiary/aromatic N) is 1. The van der Waals surface area contributed by atoms with Gasteiger partial charge in [-0.15, -0.1) is 0 Å². The maximum atomic E-state index is 11.8. The van der Waals surface area contributed by atoms with Crippen molar-refractivity contribution in [2.24, 2.45) is 4.99 Å². The van der Waals surface area contributed by atoms with Crippen LogP contribution >= 0.6 is 0 Å². The van der Waals surface area contributed by atoms with Crippen LogP contribution in [0.5, 0.6) is 5.75 Å². The van der Waals surface area contributed by atoms with Crippen molar-refractivity contribution in [2.75, 3.05) is 13.3 Å². The second kappa shape index (κ2) is 10.4. The van der Waals surface area contributed by atoms with E-state index in [1.54, 1.807) is 24.3 Å². The molecule has 1 rings (SSSR count). The summed E-state index contributed by atoms with van der Waals surface area (Å²) in [5.41, 5.74) is 0.597. The number of nitrogens with one attached hydrogen (secondary N) is 1. The average Bonchev–Trinajstić information content (AvgIpc) is 2.55. The molecule has 0 aliphatic rings. The quantitative estimate of drug-likeness (QED) is 0.530. The number of ketones is 1. The SMILES string of the molecule is C=NCOc1ccc(C(OC(=O)NCCCCC)C(C)=O)cc1. The van der Waals surface area contributed by atoms with E-state index in [0.29, 0.717) is 17.9 Å². The minimum absolute atomic E-state index is 0.159. The summed E-state index contributed by atoms with van der Waals surface area (Å²) in [6.07, 6.45) is 1.49. The molecule has 1 aromatic rings. The lowest BCUT2D eigenvalue weighted by Crippen LogP contribution is -2.29. The minimum Gasteiger partial charge on any atom is -0.471 e. The molecule has 0 bridgehead atoms. The lowest BCUT2D eigenvalue weighted by Gasteiger charge is -2.16. The predicted molar refractivity (Wildman–Crippen MR) is 88.9 cm³/mol. The minimum atomic E-state index is -0.923. The van der Waals surface area contributed by atoms with E-state index < -0.39 is 12.2 Å². The first-order valence-electron chi connectivity index (χ1n) is 7.68. The number of alkyl carbamates (subject to hydrolysis) is 1. The number of hydrogen-bond donors (Lipinski definition) is 1. The van der Waals surface area contributed by atoms with Crippen LogP contribution < -0.4 is 10.1 Å². The number of carbonyl (C=O) groups is 2. The highest BCUT2D eigenvalue weighted by Gasteiger charge is 2.21. The topological polar surface area (TPSA) is 77.0 Å². The first-order valence-corrected chi connectivity index (χ1v) is 7.68. The fourth-order valence-corrected chi connectivity index (χ4v) is 1.96. The van der Waals surface area contributed by atoms with E-state index in [0.717, 1.165) is 19.3 Å². The van der Waals surface area contributed by atoms with E-state index in [9.17, 15) is 9.59 Å². The van der Waals surface area contributed by atoms with Crippen molar-refractivity contribution in [2.45, 2.75) is 39.2 Å². The van der Waals surface area contributed by atoms with Gasteiger partial charge in [0.1, 0.15) is 5.75 Å². The van der Waals surface area contributed by atoms with Gasteiger partial charge in [-0.25, -0.2) is 4.79 Å². The van der Waals surface area contributed by atoms with Gasteiger partial charge in [-0.2, -0.15) is 0 Å². The summed E-state index contributed by atoms with van der Waals surface area (Å²) in [5.74, 6) is 0.364. The van der Waals surface area contributed by atoms with Gasteiger partial charge in [0.25, 0.3) is 0 Å². The number of benzene rings is 1. The standard InChI is InChI=1S/C17H24N2O4/c1-4-5-6-11-19-17(21)23-16(13(2)20)14-7-9-15(10-8-14)22-12-18-3/h7-10,16H,3-6,11-12H2,1-2H3,(H,19,21). The Bertz CT molecular complexity index is 514. The summed E-state index contributed by atoms with van der Waals surface area (Å²) in [6, 6.07) is 6.77. The third-order valence-corrected chi connectivity index (χ3v) is 3.15. The van der Waals surface area contributed by atoms with Crippen molar-refractivity contribution in [1.29, 1.82) is 0 Å². The monoisotopic (exact) mass is 320 g/mol. The second-order valence-corrected chi connectivity index (χ2v) is 5.10. The molecule has 0 heterocycles. The molecule has 1 aromatic carbocycles. The molecule has 0 aliphatic heterocycles. The molecule has 1 N–H and O–H groups in total. The van der Waals surface area contributed by atoms with Crippen LogP contribution in [-0.2, 0) is 9.53 Å². The van der Waals surface area contributed by atoms with Gasteiger partial charge in [0.05, 0.1) is 0 Å². The Balaban J connectivity index is 2.61. The molecule has 0 radical (unpaired) electrons. The van der Waals surface area contributed by atoms with Crippen molar-refractivity contribution < 1.29 is 19.1 Å². The van der Waals surface area contributed by atoms with E-state index in [2.05, 4.69) is 24.0 Å². The zero-order valence-electron chi connectivity index (χ0n) is 13.7. The zero-order valence-corrected chi connectivity index (χ0v) is 13.7. The first kappa shape index (κ1) is 18.7. The van der Waals surface area contributed by atoms with E-state index in [4.69, 9.17) is 9.47 Å². The molecule has 0 aliphatic carbocycles. The van der Waals surface area contributed by atoms with Gasteiger partial charge in [-0.05, 0) is 32.2 Å². The molecule has 0 aromatic heterocycles. The number of unbranched alkanes of at least 4 members (excludes halogenated alkanes) is 2. The molecule has 1 atom stereocenters. The van der Waals surface area contributed by atoms with Crippen LogP contribution in [0.15, 0.2) is 29.3 Å². The number of ether oxygens (including phenoxy) is 2. The zero-order chi connectivity index (χ0) is 17.1. The Hall–Kier alpha value is -2.37. The summed E-state index contributed by atoms with van der Waals surface area (Å²) in [6.45, 7) is 7.50. The molecular weight excluding hydrogens is 296 g/mol. The summed E-state index contributed by atoms with van der Waals surface area (Å²) in [7, 11) is 0. The number of hydrogen-bond acceptors (Lipinski definition) is 5. The molecule has 23 heavy (non-hydrogen) atoms. The Morgan fingerprint density at radius 2 is 1.96 bits per heavy atom. The first-order chi connectivity index (χ1) is 11.1. The van der Waals surface area contributed by atoms with Crippen molar-refractivity contribution in [1.82, 2.24) is 5.32 Å². The van der Waals surface area contributed by atoms with Crippen LogP contribution in [0, 0.1) is 0 Å². The molecule has 1 unspecified atom stereocenters. The van der Waals surface area contributed by atoms with Crippen LogP contribution in [0.3, 0.4) is 0 Å². The summed E-state index contributed by atoms with van der Waals surface area (Å²) in [4.78, 5) is 27.1. The lowest BCUT2D eigenvalue weighted by atomic mass is 10.1. The van der Waals surface area contributed by atoms with Crippen molar-refractivity contribution in [3.05, 3.63) is 29.8 Å².